The number of hydrogen-bond donors (Lipinski definition) is 1. The minimum atomic E-state index is 0.709. The smallest absolute Gasteiger partial charge is 0.0237 e. The molecule has 1 unspecified atom stereocenters. The van der Waals surface area contributed by atoms with Crippen molar-refractivity contribution in [3.8, 4) is 0 Å². The Morgan fingerprint density at radius 3 is 2.63 bits per heavy atom. The third-order valence-electron chi connectivity index (χ3n) is 4.07. The Bertz CT molecular complexity index is 369. The van der Waals surface area contributed by atoms with Crippen LogP contribution in [0.25, 0.3) is 0 Å². The van der Waals surface area contributed by atoms with E-state index in [1.807, 2.05) is 0 Å². The van der Waals surface area contributed by atoms with Gasteiger partial charge in [-0.25, -0.2) is 0 Å². The SMILES string of the molecule is CCCN(Cc1ccccc1CC)CC1CCCN1. The summed E-state index contributed by atoms with van der Waals surface area (Å²) in [7, 11) is 0. The molecule has 0 radical (unpaired) electrons. The van der Waals surface area contributed by atoms with Gasteiger partial charge in [0.15, 0.2) is 0 Å². The number of hydrogen-bond acceptors (Lipinski definition) is 2. The molecular formula is C17H28N2. The topological polar surface area (TPSA) is 15.3 Å². The van der Waals surface area contributed by atoms with Crippen LogP contribution in [0.3, 0.4) is 0 Å². The van der Waals surface area contributed by atoms with Gasteiger partial charge in [0.25, 0.3) is 0 Å². The van der Waals surface area contributed by atoms with Crippen molar-refractivity contribution in [1.82, 2.24) is 10.2 Å². The lowest BCUT2D eigenvalue weighted by Gasteiger charge is -2.26. The van der Waals surface area contributed by atoms with Crippen LogP contribution >= 0.6 is 0 Å². The second kappa shape index (κ2) is 7.66. The monoisotopic (exact) mass is 260 g/mol. The van der Waals surface area contributed by atoms with Crippen molar-refractivity contribution in [2.75, 3.05) is 19.6 Å². The first-order valence-electron chi connectivity index (χ1n) is 7.86. The van der Waals surface area contributed by atoms with Crippen LogP contribution in [0.4, 0.5) is 0 Å². The molecule has 0 aromatic heterocycles. The van der Waals surface area contributed by atoms with E-state index in [9.17, 15) is 0 Å². The van der Waals surface area contributed by atoms with Crippen molar-refractivity contribution >= 4 is 0 Å². The molecule has 1 fully saturated rings. The zero-order valence-corrected chi connectivity index (χ0v) is 12.5. The van der Waals surface area contributed by atoms with Gasteiger partial charge in [-0.2, -0.15) is 0 Å². The van der Waals surface area contributed by atoms with E-state index in [2.05, 4.69) is 48.3 Å². The average Bonchev–Trinajstić information content (AvgIpc) is 2.92. The van der Waals surface area contributed by atoms with E-state index in [1.54, 1.807) is 0 Å². The van der Waals surface area contributed by atoms with Crippen LogP contribution in [0, 0.1) is 0 Å². The van der Waals surface area contributed by atoms with Crippen molar-refractivity contribution in [1.29, 1.82) is 0 Å². The minimum Gasteiger partial charge on any atom is -0.313 e. The normalized spacial score (nSPS) is 19.2. The summed E-state index contributed by atoms with van der Waals surface area (Å²) in [5, 5.41) is 3.62. The first-order chi connectivity index (χ1) is 9.33. The second-order valence-electron chi connectivity index (χ2n) is 5.65. The molecule has 106 valence electrons. The van der Waals surface area contributed by atoms with E-state index in [-0.39, 0.29) is 0 Å². The summed E-state index contributed by atoms with van der Waals surface area (Å²) in [4.78, 5) is 2.62. The fourth-order valence-corrected chi connectivity index (χ4v) is 3.07. The predicted octanol–water partition coefficient (Wildman–Crippen LogP) is 3.21. The maximum atomic E-state index is 3.62. The van der Waals surface area contributed by atoms with Crippen molar-refractivity contribution in [3.05, 3.63) is 35.4 Å². The van der Waals surface area contributed by atoms with Crippen LogP contribution in [0.2, 0.25) is 0 Å². The lowest BCUT2D eigenvalue weighted by atomic mass is 10.0. The van der Waals surface area contributed by atoms with Crippen LogP contribution < -0.4 is 5.32 Å². The number of benzene rings is 1. The summed E-state index contributed by atoms with van der Waals surface area (Å²) in [6.07, 6.45) is 5.06. The second-order valence-corrected chi connectivity index (χ2v) is 5.65. The third-order valence-corrected chi connectivity index (χ3v) is 4.07. The Morgan fingerprint density at radius 1 is 1.21 bits per heavy atom. The maximum Gasteiger partial charge on any atom is 0.0237 e. The van der Waals surface area contributed by atoms with Gasteiger partial charge in [-0.3, -0.25) is 4.90 Å². The molecule has 0 bridgehead atoms. The highest BCUT2D eigenvalue weighted by atomic mass is 15.1. The molecule has 1 aromatic carbocycles. The van der Waals surface area contributed by atoms with Gasteiger partial charge in [0, 0.05) is 19.1 Å². The standard InChI is InChI=1S/C17H28N2/c1-3-12-19(14-17-10-7-11-18-17)13-16-9-6-5-8-15(16)4-2/h5-6,8-9,17-18H,3-4,7,10-14H2,1-2H3. The van der Waals surface area contributed by atoms with Crippen LogP contribution in [0.5, 0.6) is 0 Å². The Kier molecular flexibility index (Phi) is 5.87. The van der Waals surface area contributed by atoms with E-state index in [1.165, 1.54) is 50.0 Å². The molecule has 0 amide bonds. The number of rotatable bonds is 7. The molecule has 1 saturated heterocycles. The summed E-state index contributed by atoms with van der Waals surface area (Å²) in [5.41, 5.74) is 3.01. The van der Waals surface area contributed by atoms with Crippen LogP contribution in [0.1, 0.15) is 44.2 Å². The summed E-state index contributed by atoms with van der Waals surface area (Å²) < 4.78 is 0. The lowest BCUT2D eigenvalue weighted by molar-refractivity contribution is 0.241. The van der Waals surface area contributed by atoms with Crippen molar-refractivity contribution in [3.63, 3.8) is 0 Å². The maximum absolute atomic E-state index is 3.62. The zero-order valence-electron chi connectivity index (χ0n) is 12.5. The Balaban J connectivity index is 1.98. The van der Waals surface area contributed by atoms with E-state index >= 15 is 0 Å². The molecule has 1 aliphatic rings. The quantitative estimate of drug-likeness (QED) is 0.810. The molecule has 1 aromatic rings. The van der Waals surface area contributed by atoms with Crippen molar-refractivity contribution in [2.24, 2.45) is 0 Å². The van der Waals surface area contributed by atoms with Gasteiger partial charge in [0.05, 0.1) is 0 Å². The van der Waals surface area contributed by atoms with Gasteiger partial charge >= 0.3 is 0 Å². The lowest BCUT2D eigenvalue weighted by Crippen LogP contribution is -2.37. The molecule has 0 spiro atoms. The van der Waals surface area contributed by atoms with Crippen LogP contribution in [0.15, 0.2) is 24.3 Å². The van der Waals surface area contributed by atoms with E-state index in [4.69, 9.17) is 0 Å². The highest BCUT2D eigenvalue weighted by Gasteiger charge is 2.18. The zero-order chi connectivity index (χ0) is 13.5. The Labute approximate surface area is 118 Å². The molecule has 1 aliphatic heterocycles. The van der Waals surface area contributed by atoms with Gasteiger partial charge in [-0.15, -0.1) is 0 Å². The van der Waals surface area contributed by atoms with Gasteiger partial charge in [0.2, 0.25) is 0 Å². The Morgan fingerprint density at radius 2 is 2.00 bits per heavy atom. The number of aryl methyl sites for hydroxylation is 1. The van der Waals surface area contributed by atoms with Gasteiger partial charge < -0.3 is 5.32 Å². The minimum absolute atomic E-state index is 0.709. The Hall–Kier alpha value is -0.860. The molecule has 1 heterocycles. The average molecular weight is 260 g/mol. The highest BCUT2D eigenvalue weighted by Crippen LogP contribution is 2.15. The molecule has 19 heavy (non-hydrogen) atoms. The van der Waals surface area contributed by atoms with E-state index < -0.39 is 0 Å². The van der Waals surface area contributed by atoms with Crippen molar-refractivity contribution in [2.45, 2.75) is 52.1 Å². The summed E-state index contributed by atoms with van der Waals surface area (Å²) >= 11 is 0. The molecule has 0 saturated carbocycles. The van der Waals surface area contributed by atoms with Crippen LogP contribution in [-0.4, -0.2) is 30.6 Å². The predicted molar refractivity (Wildman–Crippen MR) is 82.4 cm³/mol. The first kappa shape index (κ1) is 14.5. The molecule has 2 rings (SSSR count). The van der Waals surface area contributed by atoms with Gasteiger partial charge in [0.1, 0.15) is 0 Å². The van der Waals surface area contributed by atoms with Crippen molar-refractivity contribution < 1.29 is 0 Å². The molecule has 2 heteroatoms. The van der Waals surface area contributed by atoms with E-state index in [0.717, 1.165) is 13.0 Å². The molecular weight excluding hydrogens is 232 g/mol. The molecule has 2 nitrogen and oxygen atoms in total. The molecule has 0 aliphatic carbocycles. The highest BCUT2D eigenvalue weighted by molar-refractivity contribution is 5.26. The summed E-state index contributed by atoms with van der Waals surface area (Å²) in [5.74, 6) is 0. The molecule has 1 atom stereocenters. The molecule has 1 N–H and O–H groups in total. The van der Waals surface area contributed by atoms with E-state index in [0.29, 0.717) is 6.04 Å². The fraction of sp³-hybridized carbons (Fsp3) is 0.647. The van der Waals surface area contributed by atoms with Crippen LogP contribution in [-0.2, 0) is 13.0 Å². The van der Waals surface area contributed by atoms with Gasteiger partial charge in [-0.1, -0.05) is 38.1 Å². The first-order valence-corrected chi connectivity index (χ1v) is 7.86. The number of nitrogens with one attached hydrogen (secondary N) is 1. The summed E-state index contributed by atoms with van der Waals surface area (Å²) in [6.45, 7) is 9.25. The van der Waals surface area contributed by atoms with Gasteiger partial charge in [-0.05, 0) is 49.9 Å². The largest absolute Gasteiger partial charge is 0.313 e. The number of nitrogens with zero attached hydrogens (tertiary/aromatic N) is 1. The third kappa shape index (κ3) is 4.32. The summed E-state index contributed by atoms with van der Waals surface area (Å²) in [6, 6.07) is 9.61. The fourth-order valence-electron chi connectivity index (χ4n) is 3.07.